The third kappa shape index (κ3) is 3.34. The molecule has 0 radical (unpaired) electrons. The summed E-state index contributed by atoms with van der Waals surface area (Å²) in [5.74, 6) is -0.424. The lowest BCUT2D eigenvalue weighted by atomic mass is 10.0. The van der Waals surface area contributed by atoms with Gasteiger partial charge in [0.1, 0.15) is 0 Å². The highest BCUT2D eigenvalue weighted by Gasteiger charge is 2.14. The third-order valence-corrected chi connectivity index (χ3v) is 3.47. The van der Waals surface area contributed by atoms with Crippen molar-refractivity contribution in [2.45, 2.75) is 19.9 Å². The van der Waals surface area contributed by atoms with Gasteiger partial charge in [0.2, 0.25) is 0 Å². The molecule has 0 amide bonds. The van der Waals surface area contributed by atoms with Crippen LogP contribution in [0, 0.1) is 6.92 Å². The summed E-state index contributed by atoms with van der Waals surface area (Å²) in [5, 5.41) is 3.38. The summed E-state index contributed by atoms with van der Waals surface area (Å²) >= 11 is 0. The number of esters is 1. The molecule has 2 aromatic rings. The highest BCUT2D eigenvalue weighted by molar-refractivity contribution is 5.97. The van der Waals surface area contributed by atoms with Crippen LogP contribution in [0.25, 0.3) is 0 Å². The molecule has 0 heterocycles. The van der Waals surface area contributed by atoms with Gasteiger partial charge in [-0.1, -0.05) is 30.3 Å². The fraction of sp³-hybridized carbons (Fsp3) is 0.235. The van der Waals surface area contributed by atoms with Gasteiger partial charge in [-0.25, -0.2) is 4.79 Å². The largest absolute Gasteiger partial charge is 0.465 e. The number of carbonyl (C=O) groups is 1. The summed E-state index contributed by atoms with van der Waals surface area (Å²) in [4.78, 5) is 11.8. The quantitative estimate of drug-likeness (QED) is 0.666. The van der Waals surface area contributed by atoms with Crippen LogP contribution in [0.4, 0.5) is 11.4 Å². The lowest BCUT2D eigenvalue weighted by Gasteiger charge is -2.18. The van der Waals surface area contributed by atoms with Gasteiger partial charge in [0.05, 0.1) is 12.7 Å². The molecule has 0 aliphatic heterocycles. The summed E-state index contributed by atoms with van der Waals surface area (Å²) in [6.07, 6.45) is 0. The van der Waals surface area contributed by atoms with Gasteiger partial charge in [0.15, 0.2) is 0 Å². The molecule has 110 valence electrons. The van der Waals surface area contributed by atoms with Gasteiger partial charge in [0.25, 0.3) is 0 Å². The van der Waals surface area contributed by atoms with E-state index in [0.717, 1.165) is 11.3 Å². The summed E-state index contributed by atoms with van der Waals surface area (Å²) in [5.41, 5.74) is 9.65. The second-order valence-corrected chi connectivity index (χ2v) is 5.02. The van der Waals surface area contributed by atoms with Crippen molar-refractivity contribution in [1.29, 1.82) is 0 Å². The van der Waals surface area contributed by atoms with E-state index in [2.05, 4.69) is 24.4 Å². The van der Waals surface area contributed by atoms with Crippen LogP contribution in [-0.4, -0.2) is 13.1 Å². The monoisotopic (exact) mass is 284 g/mol. The zero-order valence-electron chi connectivity index (χ0n) is 12.5. The second kappa shape index (κ2) is 6.31. The minimum absolute atomic E-state index is 0.125. The van der Waals surface area contributed by atoms with E-state index in [1.54, 1.807) is 6.07 Å². The van der Waals surface area contributed by atoms with Crippen molar-refractivity contribution in [3.8, 4) is 0 Å². The average Bonchev–Trinajstić information content (AvgIpc) is 2.50. The smallest absolute Gasteiger partial charge is 0.340 e. The normalized spacial score (nSPS) is 11.8. The van der Waals surface area contributed by atoms with Crippen LogP contribution in [0.1, 0.15) is 34.5 Å². The Kier molecular flexibility index (Phi) is 4.48. The Morgan fingerprint density at radius 2 is 1.90 bits per heavy atom. The lowest BCUT2D eigenvalue weighted by Crippen LogP contribution is -2.11. The minimum Gasteiger partial charge on any atom is -0.465 e. The lowest BCUT2D eigenvalue weighted by molar-refractivity contribution is 0.0602. The molecular formula is C17H20N2O2. The number of ether oxygens (including phenoxy) is 1. The average molecular weight is 284 g/mol. The van der Waals surface area contributed by atoms with Gasteiger partial charge in [-0.15, -0.1) is 0 Å². The second-order valence-electron chi connectivity index (χ2n) is 5.02. The zero-order chi connectivity index (χ0) is 15.4. The molecule has 0 fully saturated rings. The molecule has 0 spiro atoms. The van der Waals surface area contributed by atoms with Crippen molar-refractivity contribution in [3.05, 3.63) is 59.2 Å². The fourth-order valence-electron chi connectivity index (χ4n) is 2.24. The highest BCUT2D eigenvalue weighted by Crippen LogP contribution is 2.26. The third-order valence-electron chi connectivity index (χ3n) is 3.47. The van der Waals surface area contributed by atoms with E-state index in [0.29, 0.717) is 11.3 Å². The minimum atomic E-state index is -0.424. The summed E-state index contributed by atoms with van der Waals surface area (Å²) in [6.45, 7) is 3.94. The SMILES string of the molecule is COC(=O)c1cc(NC(C)c2ccccc2)cc(C)c1N. The van der Waals surface area contributed by atoms with Gasteiger partial charge >= 0.3 is 5.97 Å². The summed E-state index contributed by atoms with van der Waals surface area (Å²) in [7, 11) is 1.35. The van der Waals surface area contributed by atoms with E-state index in [1.807, 2.05) is 31.2 Å². The van der Waals surface area contributed by atoms with Crippen LogP contribution in [0.2, 0.25) is 0 Å². The van der Waals surface area contributed by atoms with E-state index in [9.17, 15) is 4.79 Å². The Balaban J connectivity index is 2.28. The first kappa shape index (κ1) is 14.9. The molecule has 1 atom stereocenters. The number of hydrogen-bond donors (Lipinski definition) is 2. The molecule has 0 aromatic heterocycles. The van der Waals surface area contributed by atoms with Gasteiger partial charge < -0.3 is 15.8 Å². The number of benzene rings is 2. The van der Waals surface area contributed by atoms with Gasteiger partial charge in [-0.05, 0) is 37.1 Å². The Hall–Kier alpha value is -2.49. The summed E-state index contributed by atoms with van der Waals surface area (Å²) < 4.78 is 4.77. The van der Waals surface area contributed by atoms with Gasteiger partial charge in [-0.2, -0.15) is 0 Å². The van der Waals surface area contributed by atoms with Crippen LogP contribution in [-0.2, 0) is 4.74 Å². The van der Waals surface area contributed by atoms with Crippen molar-refractivity contribution in [3.63, 3.8) is 0 Å². The molecule has 1 unspecified atom stereocenters. The first-order valence-corrected chi connectivity index (χ1v) is 6.83. The van der Waals surface area contributed by atoms with Crippen LogP contribution in [0.5, 0.6) is 0 Å². The Morgan fingerprint density at radius 3 is 2.52 bits per heavy atom. The van der Waals surface area contributed by atoms with Crippen LogP contribution in [0.15, 0.2) is 42.5 Å². The first-order valence-electron chi connectivity index (χ1n) is 6.83. The molecule has 4 nitrogen and oxygen atoms in total. The fourth-order valence-corrected chi connectivity index (χ4v) is 2.24. The molecule has 0 aliphatic rings. The van der Waals surface area contributed by atoms with Gasteiger partial charge in [0, 0.05) is 17.4 Å². The predicted molar refractivity (Wildman–Crippen MR) is 85.4 cm³/mol. The topological polar surface area (TPSA) is 64.3 Å². The maximum Gasteiger partial charge on any atom is 0.340 e. The van der Waals surface area contributed by atoms with Crippen molar-refractivity contribution < 1.29 is 9.53 Å². The molecule has 3 N–H and O–H groups in total. The maximum atomic E-state index is 11.8. The predicted octanol–water partition coefficient (Wildman–Crippen LogP) is 3.54. The molecule has 0 bridgehead atoms. The molecule has 0 saturated heterocycles. The standard InChI is InChI=1S/C17H20N2O2/c1-11-9-14(10-15(16(11)18)17(20)21-3)19-12(2)13-7-5-4-6-8-13/h4-10,12,19H,18H2,1-3H3. The number of nitrogens with one attached hydrogen (secondary N) is 1. The Labute approximate surface area is 124 Å². The van der Waals surface area contributed by atoms with E-state index >= 15 is 0 Å². The van der Waals surface area contributed by atoms with Crippen molar-refractivity contribution in [2.24, 2.45) is 0 Å². The Bertz CT molecular complexity index is 639. The molecule has 2 rings (SSSR count). The molecule has 21 heavy (non-hydrogen) atoms. The van der Waals surface area contributed by atoms with Crippen molar-refractivity contribution >= 4 is 17.3 Å². The molecular weight excluding hydrogens is 264 g/mol. The number of hydrogen-bond acceptors (Lipinski definition) is 4. The number of methoxy groups -OCH3 is 1. The molecule has 0 aliphatic carbocycles. The van der Waals surface area contributed by atoms with Crippen LogP contribution >= 0.6 is 0 Å². The molecule has 0 saturated carbocycles. The molecule has 2 aromatic carbocycles. The maximum absolute atomic E-state index is 11.8. The highest BCUT2D eigenvalue weighted by atomic mass is 16.5. The van der Waals surface area contributed by atoms with E-state index in [1.165, 1.54) is 12.7 Å². The number of aryl methyl sites for hydroxylation is 1. The number of nitrogen functional groups attached to an aromatic ring is 1. The number of carbonyl (C=O) groups excluding carboxylic acids is 1. The Morgan fingerprint density at radius 1 is 1.24 bits per heavy atom. The first-order chi connectivity index (χ1) is 10.0. The van der Waals surface area contributed by atoms with E-state index in [4.69, 9.17) is 10.5 Å². The van der Waals surface area contributed by atoms with Crippen molar-refractivity contribution in [2.75, 3.05) is 18.2 Å². The molecule has 4 heteroatoms. The number of anilines is 2. The number of nitrogens with two attached hydrogens (primary N) is 1. The zero-order valence-corrected chi connectivity index (χ0v) is 12.5. The van der Waals surface area contributed by atoms with E-state index in [-0.39, 0.29) is 6.04 Å². The number of rotatable bonds is 4. The van der Waals surface area contributed by atoms with Crippen LogP contribution < -0.4 is 11.1 Å². The summed E-state index contributed by atoms with van der Waals surface area (Å²) in [6, 6.07) is 13.9. The van der Waals surface area contributed by atoms with Crippen molar-refractivity contribution in [1.82, 2.24) is 0 Å². The van der Waals surface area contributed by atoms with E-state index < -0.39 is 5.97 Å². The van der Waals surface area contributed by atoms with Crippen LogP contribution in [0.3, 0.4) is 0 Å². The van der Waals surface area contributed by atoms with Gasteiger partial charge in [-0.3, -0.25) is 0 Å².